The third kappa shape index (κ3) is 4.01. The third-order valence-corrected chi connectivity index (χ3v) is 2.78. The highest BCUT2D eigenvalue weighted by atomic mass is 15.0. The van der Waals surface area contributed by atoms with Gasteiger partial charge in [-0.05, 0) is 30.5 Å². The molecular formula is C14H26N2. The predicted octanol–water partition coefficient (Wildman–Crippen LogP) is 3.59. The molecule has 0 radical (unpaired) electrons. The monoisotopic (exact) mass is 222 g/mol. The van der Waals surface area contributed by atoms with Crippen LogP contribution in [0, 0.1) is 5.92 Å². The Morgan fingerprint density at radius 3 is 2.62 bits per heavy atom. The molecular weight excluding hydrogens is 196 g/mol. The molecule has 0 saturated carbocycles. The fourth-order valence-corrected chi connectivity index (χ4v) is 2.12. The predicted molar refractivity (Wildman–Crippen MR) is 70.6 cm³/mol. The molecule has 0 aliphatic rings. The highest BCUT2D eigenvalue weighted by Gasteiger charge is 2.10. The molecule has 0 fully saturated rings. The third-order valence-electron chi connectivity index (χ3n) is 2.78. The van der Waals surface area contributed by atoms with E-state index in [-0.39, 0.29) is 0 Å². The SMILES string of the molecule is CCCC(NCC)c1ccn(CC(C)C)c1. The van der Waals surface area contributed by atoms with E-state index in [1.165, 1.54) is 18.4 Å². The van der Waals surface area contributed by atoms with Crippen molar-refractivity contribution in [1.82, 2.24) is 9.88 Å². The molecule has 92 valence electrons. The Bertz CT molecular complexity index is 283. The molecule has 0 aliphatic heterocycles. The maximum atomic E-state index is 3.55. The van der Waals surface area contributed by atoms with E-state index < -0.39 is 0 Å². The van der Waals surface area contributed by atoms with Crippen LogP contribution in [-0.4, -0.2) is 11.1 Å². The van der Waals surface area contributed by atoms with Crippen molar-refractivity contribution in [3.63, 3.8) is 0 Å². The molecule has 0 saturated heterocycles. The Labute approximate surface area is 100 Å². The van der Waals surface area contributed by atoms with Crippen molar-refractivity contribution < 1.29 is 0 Å². The Morgan fingerprint density at radius 2 is 2.06 bits per heavy atom. The minimum absolute atomic E-state index is 0.531. The Morgan fingerprint density at radius 1 is 1.31 bits per heavy atom. The van der Waals surface area contributed by atoms with Crippen molar-refractivity contribution in [2.24, 2.45) is 5.92 Å². The summed E-state index contributed by atoms with van der Waals surface area (Å²) in [5.41, 5.74) is 1.43. The van der Waals surface area contributed by atoms with Gasteiger partial charge in [-0.1, -0.05) is 34.1 Å². The summed E-state index contributed by atoms with van der Waals surface area (Å²) in [4.78, 5) is 0. The minimum atomic E-state index is 0.531. The topological polar surface area (TPSA) is 17.0 Å². The van der Waals surface area contributed by atoms with Crippen molar-refractivity contribution in [2.45, 2.75) is 53.1 Å². The lowest BCUT2D eigenvalue weighted by Gasteiger charge is -2.15. The Kier molecular flexibility index (Phi) is 5.61. The van der Waals surface area contributed by atoms with Crippen LogP contribution in [0.25, 0.3) is 0 Å². The van der Waals surface area contributed by atoms with Crippen LogP contribution in [0.15, 0.2) is 18.5 Å². The molecule has 1 unspecified atom stereocenters. The molecule has 0 amide bonds. The van der Waals surface area contributed by atoms with Gasteiger partial charge >= 0.3 is 0 Å². The number of rotatable bonds is 7. The van der Waals surface area contributed by atoms with E-state index in [0.29, 0.717) is 12.0 Å². The summed E-state index contributed by atoms with van der Waals surface area (Å²) < 4.78 is 2.31. The molecule has 0 spiro atoms. The van der Waals surface area contributed by atoms with E-state index in [1.54, 1.807) is 0 Å². The van der Waals surface area contributed by atoms with Crippen LogP contribution in [0.5, 0.6) is 0 Å². The highest BCUT2D eigenvalue weighted by molar-refractivity contribution is 5.15. The molecule has 0 aromatic carbocycles. The van der Waals surface area contributed by atoms with Gasteiger partial charge in [0, 0.05) is 25.0 Å². The van der Waals surface area contributed by atoms with Crippen LogP contribution in [0.3, 0.4) is 0 Å². The standard InChI is InChI=1S/C14H26N2/c1-5-7-14(15-6-2)13-8-9-16(11-13)10-12(3)4/h8-9,11-12,14-15H,5-7,10H2,1-4H3. The first-order valence-corrected chi connectivity index (χ1v) is 6.56. The maximum Gasteiger partial charge on any atom is 0.0335 e. The van der Waals surface area contributed by atoms with Gasteiger partial charge in [-0.25, -0.2) is 0 Å². The van der Waals surface area contributed by atoms with Crippen molar-refractivity contribution in [2.75, 3.05) is 6.54 Å². The second-order valence-electron chi connectivity index (χ2n) is 4.93. The number of hydrogen-bond donors (Lipinski definition) is 1. The summed E-state index contributed by atoms with van der Waals surface area (Å²) in [6, 6.07) is 2.79. The summed E-state index contributed by atoms with van der Waals surface area (Å²) in [5.74, 6) is 0.712. The van der Waals surface area contributed by atoms with Crippen molar-refractivity contribution in [3.8, 4) is 0 Å². The van der Waals surface area contributed by atoms with Gasteiger partial charge in [-0.2, -0.15) is 0 Å². The lowest BCUT2D eigenvalue weighted by atomic mass is 10.1. The van der Waals surface area contributed by atoms with E-state index in [4.69, 9.17) is 0 Å². The van der Waals surface area contributed by atoms with E-state index in [2.05, 4.69) is 56.0 Å². The molecule has 1 aromatic heterocycles. The van der Waals surface area contributed by atoms with E-state index in [0.717, 1.165) is 13.1 Å². The summed E-state index contributed by atoms with van der Waals surface area (Å²) in [6.45, 7) is 11.1. The zero-order chi connectivity index (χ0) is 12.0. The molecule has 1 atom stereocenters. The van der Waals surface area contributed by atoms with Crippen LogP contribution >= 0.6 is 0 Å². The lowest BCUT2D eigenvalue weighted by molar-refractivity contribution is 0.500. The van der Waals surface area contributed by atoms with Gasteiger partial charge in [0.2, 0.25) is 0 Å². The van der Waals surface area contributed by atoms with Gasteiger partial charge in [0.15, 0.2) is 0 Å². The van der Waals surface area contributed by atoms with Gasteiger partial charge in [-0.15, -0.1) is 0 Å². The van der Waals surface area contributed by atoms with Gasteiger partial charge in [-0.3, -0.25) is 0 Å². The molecule has 0 aliphatic carbocycles. The van der Waals surface area contributed by atoms with Crippen LogP contribution in [-0.2, 0) is 6.54 Å². The lowest BCUT2D eigenvalue weighted by Crippen LogP contribution is -2.20. The van der Waals surface area contributed by atoms with Crippen LogP contribution in [0.1, 0.15) is 52.1 Å². The second-order valence-corrected chi connectivity index (χ2v) is 4.93. The molecule has 0 bridgehead atoms. The number of nitrogens with one attached hydrogen (secondary N) is 1. The van der Waals surface area contributed by atoms with Crippen LogP contribution in [0.2, 0.25) is 0 Å². The molecule has 1 heterocycles. The maximum absolute atomic E-state index is 3.55. The van der Waals surface area contributed by atoms with Gasteiger partial charge in [0.25, 0.3) is 0 Å². The Balaban J connectivity index is 2.65. The quantitative estimate of drug-likeness (QED) is 0.746. The summed E-state index contributed by atoms with van der Waals surface area (Å²) in [7, 11) is 0. The first-order valence-electron chi connectivity index (χ1n) is 6.56. The molecule has 16 heavy (non-hydrogen) atoms. The van der Waals surface area contributed by atoms with Crippen molar-refractivity contribution in [3.05, 3.63) is 24.0 Å². The molecule has 1 N–H and O–H groups in total. The fraction of sp³-hybridized carbons (Fsp3) is 0.714. The average molecular weight is 222 g/mol. The van der Waals surface area contributed by atoms with Crippen LogP contribution in [0.4, 0.5) is 0 Å². The number of aromatic nitrogens is 1. The normalized spacial score (nSPS) is 13.3. The minimum Gasteiger partial charge on any atom is -0.354 e. The van der Waals surface area contributed by atoms with E-state index in [9.17, 15) is 0 Å². The highest BCUT2D eigenvalue weighted by Crippen LogP contribution is 2.19. The van der Waals surface area contributed by atoms with E-state index >= 15 is 0 Å². The molecule has 2 heteroatoms. The largest absolute Gasteiger partial charge is 0.354 e. The average Bonchev–Trinajstić information content (AvgIpc) is 2.65. The summed E-state index contributed by atoms with van der Waals surface area (Å²) in [6.07, 6.45) is 6.95. The number of nitrogens with zero attached hydrogens (tertiary/aromatic N) is 1. The van der Waals surface area contributed by atoms with Crippen LogP contribution < -0.4 is 5.32 Å². The zero-order valence-corrected chi connectivity index (χ0v) is 11.2. The molecule has 2 nitrogen and oxygen atoms in total. The zero-order valence-electron chi connectivity index (χ0n) is 11.2. The molecule has 1 aromatic rings. The summed E-state index contributed by atoms with van der Waals surface area (Å²) >= 11 is 0. The van der Waals surface area contributed by atoms with Crippen molar-refractivity contribution >= 4 is 0 Å². The molecule has 1 rings (SSSR count). The van der Waals surface area contributed by atoms with Gasteiger partial charge in [0.05, 0.1) is 0 Å². The Hall–Kier alpha value is -0.760. The number of hydrogen-bond acceptors (Lipinski definition) is 1. The smallest absolute Gasteiger partial charge is 0.0335 e. The fourth-order valence-electron chi connectivity index (χ4n) is 2.12. The van der Waals surface area contributed by atoms with Gasteiger partial charge in [0.1, 0.15) is 0 Å². The second kappa shape index (κ2) is 6.74. The summed E-state index contributed by atoms with van der Waals surface area (Å²) in [5, 5.41) is 3.55. The first kappa shape index (κ1) is 13.3. The van der Waals surface area contributed by atoms with Gasteiger partial charge < -0.3 is 9.88 Å². The van der Waals surface area contributed by atoms with Crippen molar-refractivity contribution in [1.29, 1.82) is 0 Å². The first-order chi connectivity index (χ1) is 7.67. The van der Waals surface area contributed by atoms with E-state index in [1.807, 2.05) is 0 Å².